The van der Waals surface area contributed by atoms with Crippen molar-refractivity contribution in [1.82, 2.24) is 15.2 Å². The molecule has 1 aliphatic rings. The molecule has 3 rings (SSSR count). The number of furan rings is 1. The number of aromatic nitrogens is 1. The fourth-order valence-corrected chi connectivity index (χ4v) is 2.94. The van der Waals surface area contributed by atoms with E-state index in [0.717, 1.165) is 24.6 Å². The fourth-order valence-electron chi connectivity index (χ4n) is 2.94. The number of rotatable bonds is 6. The molecule has 25 heavy (non-hydrogen) atoms. The summed E-state index contributed by atoms with van der Waals surface area (Å²) in [5.74, 6) is 1.80. The zero-order valence-electron chi connectivity index (χ0n) is 14.5. The van der Waals surface area contributed by atoms with Crippen LogP contribution in [0.3, 0.4) is 0 Å². The van der Waals surface area contributed by atoms with Crippen LogP contribution in [0.1, 0.15) is 27.9 Å². The molecule has 1 unspecified atom stereocenters. The minimum atomic E-state index is -0.216. The van der Waals surface area contributed by atoms with Crippen LogP contribution in [0.15, 0.2) is 34.9 Å². The largest absolute Gasteiger partial charge is 0.480 e. The van der Waals surface area contributed by atoms with Crippen LogP contribution in [0.4, 0.5) is 0 Å². The van der Waals surface area contributed by atoms with Crippen molar-refractivity contribution in [2.24, 2.45) is 0 Å². The van der Waals surface area contributed by atoms with Gasteiger partial charge in [0, 0.05) is 25.8 Å². The Morgan fingerprint density at radius 2 is 2.16 bits per heavy atom. The molecule has 1 fully saturated rings. The molecule has 1 aliphatic heterocycles. The van der Waals surface area contributed by atoms with E-state index < -0.39 is 0 Å². The van der Waals surface area contributed by atoms with Crippen molar-refractivity contribution in [3.05, 3.63) is 47.5 Å². The molecule has 7 nitrogen and oxygen atoms in total. The molecule has 0 spiro atoms. The molecule has 0 aromatic carbocycles. The Hall–Kier alpha value is -2.38. The highest BCUT2D eigenvalue weighted by atomic mass is 16.5. The number of hydrogen-bond donors (Lipinski definition) is 1. The molecule has 1 saturated heterocycles. The number of aryl methyl sites for hydroxylation is 1. The number of morpholine rings is 1. The number of hydrogen-bond acceptors (Lipinski definition) is 6. The lowest BCUT2D eigenvalue weighted by atomic mass is 10.1. The van der Waals surface area contributed by atoms with Crippen LogP contribution < -0.4 is 10.1 Å². The number of methoxy groups -OCH3 is 1. The fraction of sp³-hybridized carbons (Fsp3) is 0.444. The number of nitrogens with one attached hydrogen (secondary N) is 1. The summed E-state index contributed by atoms with van der Waals surface area (Å²) in [4.78, 5) is 18.9. The van der Waals surface area contributed by atoms with E-state index in [4.69, 9.17) is 13.9 Å². The number of nitrogens with zero attached hydrogens (tertiary/aromatic N) is 2. The van der Waals surface area contributed by atoms with Gasteiger partial charge in [0.2, 0.25) is 5.88 Å². The topological polar surface area (TPSA) is 76.8 Å². The van der Waals surface area contributed by atoms with E-state index in [0.29, 0.717) is 31.2 Å². The van der Waals surface area contributed by atoms with Gasteiger partial charge in [-0.2, -0.15) is 0 Å². The quantitative estimate of drug-likeness (QED) is 0.860. The van der Waals surface area contributed by atoms with Gasteiger partial charge < -0.3 is 19.2 Å². The molecule has 1 amide bonds. The van der Waals surface area contributed by atoms with Crippen molar-refractivity contribution in [3.8, 4) is 5.88 Å². The summed E-state index contributed by atoms with van der Waals surface area (Å²) in [5.41, 5.74) is 0.418. The van der Waals surface area contributed by atoms with E-state index in [1.807, 2.05) is 19.1 Å². The highest BCUT2D eigenvalue weighted by Crippen LogP contribution is 2.23. The van der Waals surface area contributed by atoms with E-state index in [1.54, 1.807) is 18.3 Å². The van der Waals surface area contributed by atoms with Gasteiger partial charge >= 0.3 is 0 Å². The summed E-state index contributed by atoms with van der Waals surface area (Å²) in [6.07, 6.45) is 1.60. The molecular weight excluding hydrogens is 322 g/mol. The first kappa shape index (κ1) is 17.4. The van der Waals surface area contributed by atoms with Crippen molar-refractivity contribution in [1.29, 1.82) is 0 Å². The third-order valence-corrected chi connectivity index (χ3v) is 4.24. The minimum absolute atomic E-state index is 0.0378. The second-order valence-corrected chi connectivity index (χ2v) is 5.88. The average molecular weight is 345 g/mol. The normalized spacial score (nSPS) is 16.4. The van der Waals surface area contributed by atoms with Crippen LogP contribution in [-0.2, 0) is 4.74 Å². The molecule has 0 saturated carbocycles. The summed E-state index contributed by atoms with van der Waals surface area (Å²) in [6.45, 7) is 5.32. The molecule has 0 bridgehead atoms. The third kappa shape index (κ3) is 4.18. The highest BCUT2D eigenvalue weighted by Gasteiger charge is 2.26. The molecule has 1 atom stereocenters. The average Bonchev–Trinajstić information content (AvgIpc) is 3.08. The predicted octanol–water partition coefficient (Wildman–Crippen LogP) is 1.79. The SMILES string of the molecule is COc1ncccc1C(=O)NCC(c1ccc(C)o1)N1CCOCC1. The summed E-state index contributed by atoms with van der Waals surface area (Å²) < 4.78 is 16.4. The highest BCUT2D eigenvalue weighted by molar-refractivity contribution is 5.96. The van der Waals surface area contributed by atoms with Crippen LogP contribution in [0.2, 0.25) is 0 Å². The van der Waals surface area contributed by atoms with Gasteiger partial charge in [-0.3, -0.25) is 9.69 Å². The molecule has 0 radical (unpaired) electrons. The minimum Gasteiger partial charge on any atom is -0.480 e. The standard InChI is InChI=1S/C18H23N3O4/c1-13-5-6-16(25-13)15(21-8-10-24-11-9-21)12-20-17(22)14-4-3-7-19-18(14)23-2/h3-7,15H,8-12H2,1-2H3,(H,20,22). The lowest BCUT2D eigenvalue weighted by Gasteiger charge is -2.33. The first-order valence-corrected chi connectivity index (χ1v) is 8.34. The van der Waals surface area contributed by atoms with Gasteiger partial charge in [-0.05, 0) is 31.2 Å². The van der Waals surface area contributed by atoms with E-state index in [-0.39, 0.29) is 11.9 Å². The van der Waals surface area contributed by atoms with Gasteiger partial charge in [0.15, 0.2) is 0 Å². The van der Waals surface area contributed by atoms with E-state index >= 15 is 0 Å². The molecular formula is C18H23N3O4. The van der Waals surface area contributed by atoms with Crippen LogP contribution in [-0.4, -0.2) is 55.7 Å². The maximum Gasteiger partial charge on any atom is 0.256 e. The van der Waals surface area contributed by atoms with Crippen molar-refractivity contribution in [2.75, 3.05) is 40.0 Å². The van der Waals surface area contributed by atoms with Crippen molar-refractivity contribution in [3.63, 3.8) is 0 Å². The predicted molar refractivity (Wildman–Crippen MR) is 91.7 cm³/mol. The second-order valence-electron chi connectivity index (χ2n) is 5.88. The number of carbonyl (C=O) groups is 1. The molecule has 0 aliphatic carbocycles. The number of ether oxygens (including phenoxy) is 2. The molecule has 7 heteroatoms. The lowest BCUT2D eigenvalue weighted by molar-refractivity contribution is 0.0117. The van der Waals surface area contributed by atoms with Gasteiger partial charge in [-0.15, -0.1) is 0 Å². The van der Waals surface area contributed by atoms with Crippen LogP contribution >= 0.6 is 0 Å². The van der Waals surface area contributed by atoms with Gasteiger partial charge in [-0.1, -0.05) is 0 Å². The van der Waals surface area contributed by atoms with E-state index in [1.165, 1.54) is 7.11 Å². The molecule has 2 aromatic rings. The molecule has 2 aromatic heterocycles. The van der Waals surface area contributed by atoms with E-state index in [9.17, 15) is 4.79 Å². The Morgan fingerprint density at radius 3 is 2.84 bits per heavy atom. The van der Waals surface area contributed by atoms with Crippen molar-refractivity contribution < 1.29 is 18.7 Å². The number of pyridine rings is 1. The Kier molecular flexibility index (Phi) is 5.67. The maximum absolute atomic E-state index is 12.5. The summed E-state index contributed by atoms with van der Waals surface area (Å²) in [5, 5.41) is 2.98. The third-order valence-electron chi connectivity index (χ3n) is 4.24. The number of carbonyl (C=O) groups excluding carboxylic acids is 1. The first-order chi connectivity index (χ1) is 12.2. The van der Waals surface area contributed by atoms with Crippen LogP contribution in [0.5, 0.6) is 5.88 Å². The summed E-state index contributed by atoms with van der Waals surface area (Å²) >= 11 is 0. The second kappa shape index (κ2) is 8.13. The van der Waals surface area contributed by atoms with Gasteiger partial charge in [-0.25, -0.2) is 4.98 Å². The Balaban J connectivity index is 1.72. The molecule has 134 valence electrons. The Bertz CT molecular complexity index is 710. The molecule has 1 N–H and O–H groups in total. The molecule has 3 heterocycles. The Morgan fingerprint density at radius 1 is 1.36 bits per heavy atom. The van der Waals surface area contributed by atoms with E-state index in [2.05, 4.69) is 15.2 Å². The van der Waals surface area contributed by atoms with Gasteiger partial charge in [0.1, 0.15) is 17.1 Å². The smallest absolute Gasteiger partial charge is 0.256 e. The lowest BCUT2D eigenvalue weighted by Crippen LogP contribution is -2.43. The van der Waals surface area contributed by atoms with Gasteiger partial charge in [0.25, 0.3) is 5.91 Å². The zero-order chi connectivity index (χ0) is 17.6. The van der Waals surface area contributed by atoms with Crippen molar-refractivity contribution >= 4 is 5.91 Å². The summed E-state index contributed by atoms with van der Waals surface area (Å²) in [7, 11) is 1.50. The van der Waals surface area contributed by atoms with Crippen LogP contribution in [0, 0.1) is 6.92 Å². The zero-order valence-corrected chi connectivity index (χ0v) is 14.5. The number of amides is 1. The van der Waals surface area contributed by atoms with Crippen LogP contribution in [0.25, 0.3) is 0 Å². The Labute approximate surface area is 146 Å². The maximum atomic E-state index is 12.5. The first-order valence-electron chi connectivity index (χ1n) is 8.34. The summed E-state index contributed by atoms with van der Waals surface area (Å²) in [6, 6.07) is 7.28. The van der Waals surface area contributed by atoms with Gasteiger partial charge in [0.05, 0.1) is 26.4 Å². The monoisotopic (exact) mass is 345 g/mol. The van der Waals surface area contributed by atoms with Crippen molar-refractivity contribution in [2.45, 2.75) is 13.0 Å².